The summed E-state index contributed by atoms with van der Waals surface area (Å²) in [7, 11) is 1.18. The number of ether oxygens (including phenoxy) is 2. The van der Waals surface area contributed by atoms with Gasteiger partial charge in [0.1, 0.15) is 11.5 Å². The standard InChI is InChI=1S/C20H20FN3O4/c1-4-28-16-6-5-9-24-17(12(2)23-18(16)24)19(25)22-11-13-7-8-15(21)14(10-13)20(26)27-3/h5-10H,4,11H2,1-3H3,(H,22,25). The molecule has 2 heterocycles. The van der Waals surface area contributed by atoms with Crippen LogP contribution < -0.4 is 10.1 Å². The minimum atomic E-state index is -0.772. The number of pyridine rings is 1. The Labute approximate surface area is 161 Å². The van der Waals surface area contributed by atoms with E-state index in [2.05, 4.69) is 15.0 Å². The predicted molar refractivity (Wildman–Crippen MR) is 100 cm³/mol. The molecule has 146 valence electrons. The number of methoxy groups -OCH3 is 1. The molecular weight excluding hydrogens is 365 g/mol. The van der Waals surface area contributed by atoms with Crippen LogP contribution in [0.5, 0.6) is 5.75 Å². The first kappa shape index (κ1) is 19.3. The van der Waals surface area contributed by atoms with Crippen LogP contribution in [-0.2, 0) is 11.3 Å². The van der Waals surface area contributed by atoms with Crippen LogP contribution in [0.3, 0.4) is 0 Å². The lowest BCUT2D eigenvalue weighted by Crippen LogP contribution is -2.25. The molecule has 0 radical (unpaired) electrons. The van der Waals surface area contributed by atoms with Crippen molar-refractivity contribution in [2.75, 3.05) is 13.7 Å². The third-order valence-corrected chi connectivity index (χ3v) is 4.19. The molecule has 0 saturated heterocycles. The van der Waals surface area contributed by atoms with Crippen LogP contribution in [0.2, 0.25) is 0 Å². The van der Waals surface area contributed by atoms with E-state index in [0.717, 1.165) is 0 Å². The first-order valence-corrected chi connectivity index (χ1v) is 8.71. The molecule has 3 rings (SSSR count). The number of halogens is 1. The van der Waals surface area contributed by atoms with Crippen LogP contribution in [0.4, 0.5) is 4.39 Å². The number of fused-ring (bicyclic) bond motifs is 1. The number of hydrogen-bond acceptors (Lipinski definition) is 5. The molecule has 0 saturated carbocycles. The number of nitrogens with one attached hydrogen (secondary N) is 1. The second-order valence-corrected chi connectivity index (χ2v) is 6.03. The average molecular weight is 385 g/mol. The third-order valence-electron chi connectivity index (χ3n) is 4.19. The molecule has 28 heavy (non-hydrogen) atoms. The van der Waals surface area contributed by atoms with Gasteiger partial charge in [-0.25, -0.2) is 14.2 Å². The molecule has 0 fully saturated rings. The molecule has 0 aliphatic rings. The maximum atomic E-state index is 13.7. The normalized spacial score (nSPS) is 10.7. The van der Waals surface area contributed by atoms with Gasteiger partial charge in [0.2, 0.25) is 0 Å². The molecule has 0 aliphatic heterocycles. The number of benzene rings is 1. The smallest absolute Gasteiger partial charge is 0.340 e. The van der Waals surface area contributed by atoms with Crippen molar-refractivity contribution in [3.05, 3.63) is 64.9 Å². The van der Waals surface area contributed by atoms with Crippen molar-refractivity contribution in [2.24, 2.45) is 0 Å². The SMILES string of the molecule is CCOc1cccn2c(C(=O)NCc3ccc(F)c(C(=O)OC)c3)c(C)nc12. The Balaban J connectivity index is 1.84. The van der Waals surface area contributed by atoms with E-state index in [0.29, 0.717) is 35.0 Å². The zero-order valence-electron chi connectivity index (χ0n) is 15.8. The zero-order chi connectivity index (χ0) is 20.3. The number of carbonyl (C=O) groups excluding carboxylic acids is 2. The van der Waals surface area contributed by atoms with Crippen molar-refractivity contribution >= 4 is 17.5 Å². The molecule has 2 aromatic heterocycles. The Morgan fingerprint density at radius 1 is 1.29 bits per heavy atom. The third kappa shape index (κ3) is 3.66. The molecular formula is C20H20FN3O4. The van der Waals surface area contributed by atoms with Gasteiger partial charge < -0.3 is 14.8 Å². The average Bonchev–Trinajstić information content (AvgIpc) is 3.03. The fraction of sp³-hybridized carbons (Fsp3) is 0.250. The lowest BCUT2D eigenvalue weighted by atomic mass is 10.1. The van der Waals surface area contributed by atoms with E-state index in [-0.39, 0.29) is 18.0 Å². The first-order valence-electron chi connectivity index (χ1n) is 8.71. The van der Waals surface area contributed by atoms with Crippen molar-refractivity contribution in [2.45, 2.75) is 20.4 Å². The second kappa shape index (κ2) is 8.08. The van der Waals surface area contributed by atoms with Gasteiger partial charge in [-0.15, -0.1) is 0 Å². The molecule has 0 unspecified atom stereocenters. The van der Waals surface area contributed by atoms with Gasteiger partial charge in [-0.1, -0.05) is 6.07 Å². The molecule has 0 atom stereocenters. The lowest BCUT2D eigenvalue weighted by molar-refractivity contribution is 0.0595. The second-order valence-electron chi connectivity index (χ2n) is 6.03. The van der Waals surface area contributed by atoms with E-state index >= 15 is 0 Å². The van der Waals surface area contributed by atoms with Crippen LogP contribution in [-0.4, -0.2) is 35.0 Å². The Bertz CT molecular complexity index is 1050. The molecule has 1 aromatic carbocycles. The summed E-state index contributed by atoms with van der Waals surface area (Å²) in [6, 6.07) is 7.59. The monoisotopic (exact) mass is 385 g/mol. The maximum absolute atomic E-state index is 13.7. The Morgan fingerprint density at radius 3 is 2.79 bits per heavy atom. The van der Waals surface area contributed by atoms with Gasteiger partial charge >= 0.3 is 5.97 Å². The van der Waals surface area contributed by atoms with Crippen molar-refractivity contribution in [3.63, 3.8) is 0 Å². The van der Waals surface area contributed by atoms with Crippen LogP contribution in [0, 0.1) is 12.7 Å². The minimum absolute atomic E-state index is 0.112. The summed E-state index contributed by atoms with van der Waals surface area (Å²) in [4.78, 5) is 28.8. The van der Waals surface area contributed by atoms with E-state index in [4.69, 9.17) is 4.74 Å². The summed E-state index contributed by atoms with van der Waals surface area (Å²) < 4.78 is 25.5. The highest BCUT2D eigenvalue weighted by molar-refractivity contribution is 5.95. The first-order chi connectivity index (χ1) is 13.5. The molecule has 0 aliphatic carbocycles. The lowest BCUT2D eigenvalue weighted by Gasteiger charge is -2.09. The van der Waals surface area contributed by atoms with Gasteiger partial charge in [-0.05, 0) is 43.7 Å². The molecule has 1 amide bonds. The van der Waals surface area contributed by atoms with Crippen LogP contribution in [0.25, 0.3) is 5.65 Å². The summed E-state index contributed by atoms with van der Waals surface area (Å²) in [6.07, 6.45) is 1.74. The highest BCUT2D eigenvalue weighted by Gasteiger charge is 2.19. The number of aryl methyl sites for hydroxylation is 1. The topological polar surface area (TPSA) is 81.9 Å². The van der Waals surface area contributed by atoms with Crippen molar-refractivity contribution in [1.82, 2.24) is 14.7 Å². The van der Waals surface area contributed by atoms with E-state index in [9.17, 15) is 14.0 Å². The molecule has 0 bridgehead atoms. The van der Waals surface area contributed by atoms with Gasteiger partial charge in [0, 0.05) is 12.7 Å². The fourth-order valence-electron chi connectivity index (χ4n) is 2.91. The number of esters is 1. The summed E-state index contributed by atoms with van der Waals surface area (Å²) >= 11 is 0. The molecule has 0 spiro atoms. The molecule has 1 N–H and O–H groups in total. The van der Waals surface area contributed by atoms with Crippen LogP contribution in [0.1, 0.15) is 39.0 Å². The Kier molecular flexibility index (Phi) is 5.58. The highest BCUT2D eigenvalue weighted by atomic mass is 19.1. The number of amides is 1. The highest BCUT2D eigenvalue weighted by Crippen LogP contribution is 2.22. The number of rotatable bonds is 6. The van der Waals surface area contributed by atoms with E-state index in [1.807, 2.05) is 6.92 Å². The summed E-state index contributed by atoms with van der Waals surface area (Å²) in [6.45, 7) is 4.21. The Hall–Kier alpha value is -3.42. The van der Waals surface area contributed by atoms with E-state index in [1.54, 1.807) is 29.7 Å². The van der Waals surface area contributed by atoms with Crippen LogP contribution >= 0.6 is 0 Å². The van der Waals surface area contributed by atoms with Crippen molar-refractivity contribution < 1.29 is 23.5 Å². The molecule has 8 heteroatoms. The predicted octanol–water partition coefficient (Wildman–Crippen LogP) is 2.90. The summed E-state index contributed by atoms with van der Waals surface area (Å²) in [5, 5.41) is 2.77. The number of carbonyl (C=O) groups is 2. The van der Waals surface area contributed by atoms with Crippen molar-refractivity contribution in [1.29, 1.82) is 0 Å². The van der Waals surface area contributed by atoms with Gasteiger partial charge in [0.05, 0.1) is 25.0 Å². The number of imidazole rings is 1. The maximum Gasteiger partial charge on any atom is 0.340 e. The van der Waals surface area contributed by atoms with Gasteiger partial charge in [-0.2, -0.15) is 0 Å². The van der Waals surface area contributed by atoms with E-state index in [1.165, 1.54) is 25.3 Å². The largest absolute Gasteiger partial charge is 0.490 e. The number of hydrogen-bond donors (Lipinski definition) is 1. The van der Waals surface area contributed by atoms with Gasteiger partial charge in [-0.3, -0.25) is 9.20 Å². The molecule has 3 aromatic rings. The Morgan fingerprint density at radius 2 is 2.07 bits per heavy atom. The van der Waals surface area contributed by atoms with E-state index < -0.39 is 11.8 Å². The minimum Gasteiger partial charge on any atom is -0.490 e. The van der Waals surface area contributed by atoms with Crippen molar-refractivity contribution in [3.8, 4) is 5.75 Å². The molecule has 7 nitrogen and oxygen atoms in total. The fourth-order valence-corrected chi connectivity index (χ4v) is 2.91. The number of aromatic nitrogens is 2. The van der Waals surface area contributed by atoms with Gasteiger partial charge in [0.15, 0.2) is 11.4 Å². The number of nitrogens with zero attached hydrogens (tertiary/aromatic N) is 2. The quantitative estimate of drug-likeness (QED) is 0.660. The zero-order valence-corrected chi connectivity index (χ0v) is 15.8. The van der Waals surface area contributed by atoms with Crippen LogP contribution in [0.15, 0.2) is 36.5 Å². The summed E-state index contributed by atoms with van der Waals surface area (Å²) in [5.41, 5.74) is 1.88. The summed E-state index contributed by atoms with van der Waals surface area (Å²) in [5.74, 6) is -1.20. The van der Waals surface area contributed by atoms with Gasteiger partial charge in [0.25, 0.3) is 5.91 Å².